The number of rotatable bonds is 6. The van der Waals surface area contributed by atoms with Gasteiger partial charge in [0.1, 0.15) is 18.2 Å². The Hall–Kier alpha value is -2.22. The summed E-state index contributed by atoms with van der Waals surface area (Å²) in [6.07, 6.45) is 5.29. The molecule has 0 aliphatic rings. The second-order valence-corrected chi connectivity index (χ2v) is 3.67. The molecule has 1 rings (SSSR count). The Morgan fingerprint density at radius 2 is 2.35 bits per heavy atom. The molecule has 0 unspecified atom stereocenters. The van der Waals surface area contributed by atoms with Gasteiger partial charge in [0.15, 0.2) is 5.69 Å². The summed E-state index contributed by atoms with van der Waals surface area (Å²) in [7, 11) is 1.89. The molecular formula is C12H14N4O. The lowest BCUT2D eigenvalue weighted by molar-refractivity contribution is -0.105. The smallest absolute Gasteiger partial charge is 0.158 e. The van der Waals surface area contributed by atoms with Gasteiger partial charge in [-0.25, -0.2) is 9.97 Å². The Kier molecular flexibility index (Phi) is 4.82. The normalized spacial score (nSPS) is 9.41. The van der Waals surface area contributed by atoms with Crippen LogP contribution in [-0.2, 0) is 4.79 Å². The van der Waals surface area contributed by atoms with Crippen molar-refractivity contribution in [3.05, 3.63) is 30.2 Å². The third-order valence-electron chi connectivity index (χ3n) is 2.30. The average Bonchev–Trinajstić information content (AvgIpc) is 2.38. The molecule has 0 radical (unpaired) electrons. The van der Waals surface area contributed by atoms with E-state index >= 15 is 0 Å². The van der Waals surface area contributed by atoms with Crippen molar-refractivity contribution < 1.29 is 4.79 Å². The van der Waals surface area contributed by atoms with Crippen LogP contribution in [0.4, 0.5) is 5.82 Å². The molecule has 88 valence electrons. The van der Waals surface area contributed by atoms with Gasteiger partial charge in [-0.1, -0.05) is 6.58 Å². The van der Waals surface area contributed by atoms with Crippen molar-refractivity contribution in [1.82, 2.24) is 9.97 Å². The van der Waals surface area contributed by atoms with Gasteiger partial charge >= 0.3 is 0 Å². The van der Waals surface area contributed by atoms with Crippen LogP contribution >= 0.6 is 0 Å². The van der Waals surface area contributed by atoms with E-state index in [9.17, 15) is 4.79 Å². The Morgan fingerprint density at radius 1 is 1.59 bits per heavy atom. The van der Waals surface area contributed by atoms with Gasteiger partial charge in [0.2, 0.25) is 0 Å². The first kappa shape index (κ1) is 12.8. The number of hydrogen-bond acceptors (Lipinski definition) is 5. The second kappa shape index (κ2) is 6.38. The fourth-order valence-electron chi connectivity index (χ4n) is 1.29. The first-order valence-electron chi connectivity index (χ1n) is 5.23. The summed E-state index contributed by atoms with van der Waals surface area (Å²) < 4.78 is 0. The van der Waals surface area contributed by atoms with Crippen molar-refractivity contribution in [3.63, 3.8) is 0 Å². The summed E-state index contributed by atoms with van der Waals surface area (Å²) in [5, 5.41) is 8.59. The standard InChI is InChI=1S/C12H14N4O/c1-10(9-17)4-3-5-16(2)12-8-14-11(6-13)7-15-12/h7-9H,1,3-5H2,2H3. The highest BCUT2D eigenvalue weighted by atomic mass is 16.1. The third-order valence-corrected chi connectivity index (χ3v) is 2.30. The van der Waals surface area contributed by atoms with Crippen LogP contribution in [0.3, 0.4) is 0 Å². The number of nitrogens with zero attached hydrogens (tertiary/aromatic N) is 4. The molecule has 1 aromatic heterocycles. The maximum Gasteiger partial charge on any atom is 0.158 e. The van der Waals surface area contributed by atoms with Gasteiger partial charge in [-0.05, 0) is 18.4 Å². The van der Waals surface area contributed by atoms with Crippen LogP contribution in [0, 0.1) is 11.3 Å². The minimum Gasteiger partial charge on any atom is -0.358 e. The lowest BCUT2D eigenvalue weighted by Crippen LogP contribution is -2.20. The molecule has 0 N–H and O–H groups in total. The molecule has 17 heavy (non-hydrogen) atoms. The van der Waals surface area contributed by atoms with E-state index in [-0.39, 0.29) is 0 Å². The SMILES string of the molecule is C=C(C=O)CCCN(C)c1cnc(C#N)cn1. The molecule has 0 saturated heterocycles. The van der Waals surface area contributed by atoms with E-state index in [1.807, 2.05) is 18.0 Å². The highest BCUT2D eigenvalue weighted by molar-refractivity contribution is 5.71. The molecular weight excluding hydrogens is 216 g/mol. The predicted molar refractivity (Wildman–Crippen MR) is 64.5 cm³/mol. The number of nitriles is 1. The third kappa shape index (κ3) is 4.03. The number of allylic oxidation sites excluding steroid dienone is 1. The zero-order chi connectivity index (χ0) is 12.7. The van der Waals surface area contributed by atoms with Gasteiger partial charge in [0.05, 0.1) is 12.4 Å². The summed E-state index contributed by atoms with van der Waals surface area (Å²) in [6.45, 7) is 4.37. The van der Waals surface area contributed by atoms with Crippen molar-refractivity contribution in [2.45, 2.75) is 12.8 Å². The molecule has 0 amide bonds. The minimum atomic E-state index is 0.302. The number of hydrogen-bond donors (Lipinski definition) is 0. The van der Waals surface area contributed by atoms with Gasteiger partial charge in [0.25, 0.3) is 0 Å². The quantitative estimate of drug-likeness (QED) is 0.544. The fourth-order valence-corrected chi connectivity index (χ4v) is 1.29. The van der Waals surface area contributed by atoms with E-state index in [1.165, 1.54) is 6.20 Å². The maximum atomic E-state index is 10.4. The van der Waals surface area contributed by atoms with Crippen LogP contribution in [0.25, 0.3) is 0 Å². The topological polar surface area (TPSA) is 69.9 Å². The summed E-state index contributed by atoms with van der Waals surface area (Å²) >= 11 is 0. The number of anilines is 1. The summed E-state index contributed by atoms with van der Waals surface area (Å²) in [5.74, 6) is 0.709. The van der Waals surface area contributed by atoms with Crippen LogP contribution in [0.5, 0.6) is 0 Å². The number of aldehydes is 1. The van der Waals surface area contributed by atoms with Gasteiger partial charge in [0, 0.05) is 13.6 Å². The maximum absolute atomic E-state index is 10.4. The Bertz CT molecular complexity index is 433. The number of carbonyl (C=O) groups is 1. The molecule has 0 saturated carbocycles. The fraction of sp³-hybridized carbons (Fsp3) is 0.333. The zero-order valence-corrected chi connectivity index (χ0v) is 9.76. The van der Waals surface area contributed by atoms with Crippen molar-refractivity contribution in [3.8, 4) is 6.07 Å². The van der Waals surface area contributed by atoms with Gasteiger partial charge < -0.3 is 4.90 Å². The van der Waals surface area contributed by atoms with E-state index in [0.29, 0.717) is 23.5 Å². The van der Waals surface area contributed by atoms with Crippen LogP contribution in [0.1, 0.15) is 18.5 Å². The predicted octanol–water partition coefficient (Wildman–Crippen LogP) is 1.32. The molecule has 1 aromatic rings. The van der Waals surface area contributed by atoms with E-state index in [2.05, 4.69) is 16.5 Å². The summed E-state index contributed by atoms with van der Waals surface area (Å²) in [4.78, 5) is 20.3. The molecule has 5 heteroatoms. The highest BCUT2D eigenvalue weighted by Crippen LogP contribution is 2.08. The van der Waals surface area contributed by atoms with E-state index < -0.39 is 0 Å². The second-order valence-electron chi connectivity index (χ2n) is 3.67. The lowest BCUT2D eigenvalue weighted by Gasteiger charge is -2.17. The van der Waals surface area contributed by atoms with Crippen molar-refractivity contribution >= 4 is 12.1 Å². The molecule has 0 aliphatic carbocycles. The summed E-state index contributed by atoms with van der Waals surface area (Å²) in [5.41, 5.74) is 0.904. The molecule has 1 heterocycles. The van der Waals surface area contributed by atoms with E-state index in [4.69, 9.17) is 5.26 Å². The van der Waals surface area contributed by atoms with E-state index in [1.54, 1.807) is 6.20 Å². The van der Waals surface area contributed by atoms with Gasteiger partial charge in [-0.15, -0.1) is 0 Å². The molecule has 0 aliphatic heterocycles. The molecule has 0 spiro atoms. The minimum absolute atomic E-state index is 0.302. The Labute approximate surface area is 100 Å². The average molecular weight is 230 g/mol. The zero-order valence-electron chi connectivity index (χ0n) is 9.76. The first-order chi connectivity index (χ1) is 8.17. The molecule has 0 aromatic carbocycles. The number of carbonyl (C=O) groups excluding carboxylic acids is 1. The monoisotopic (exact) mass is 230 g/mol. The molecule has 0 atom stereocenters. The van der Waals surface area contributed by atoms with Crippen LogP contribution < -0.4 is 4.90 Å². The first-order valence-corrected chi connectivity index (χ1v) is 5.23. The van der Waals surface area contributed by atoms with Crippen molar-refractivity contribution in [2.24, 2.45) is 0 Å². The van der Waals surface area contributed by atoms with Crippen LogP contribution in [0.2, 0.25) is 0 Å². The van der Waals surface area contributed by atoms with E-state index in [0.717, 1.165) is 19.3 Å². The highest BCUT2D eigenvalue weighted by Gasteiger charge is 2.03. The molecule has 5 nitrogen and oxygen atoms in total. The largest absolute Gasteiger partial charge is 0.358 e. The van der Waals surface area contributed by atoms with Crippen molar-refractivity contribution in [2.75, 3.05) is 18.5 Å². The van der Waals surface area contributed by atoms with Crippen molar-refractivity contribution in [1.29, 1.82) is 5.26 Å². The Morgan fingerprint density at radius 3 is 2.88 bits per heavy atom. The molecule has 0 bridgehead atoms. The Balaban J connectivity index is 2.46. The van der Waals surface area contributed by atoms with Crippen LogP contribution in [-0.4, -0.2) is 29.8 Å². The molecule has 0 fully saturated rings. The van der Waals surface area contributed by atoms with Crippen LogP contribution in [0.15, 0.2) is 24.5 Å². The lowest BCUT2D eigenvalue weighted by atomic mass is 10.2. The summed E-state index contributed by atoms with van der Waals surface area (Å²) in [6, 6.07) is 1.92. The number of aromatic nitrogens is 2. The van der Waals surface area contributed by atoms with Gasteiger partial charge in [-0.3, -0.25) is 4.79 Å². The van der Waals surface area contributed by atoms with Gasteiger partial charge in [-0.2, -0.15) is 5.26 Å².